The fraction of sp³-hybridized carbons (Fsp3) is 0.238. The van der Waals surface area contributed by atoms with Crippen LogP contribution in [0.15, 0.2) is 52.9 Å². The largest absolute Gasteiger partial charge is 0.493 e. The Labute approximate surface area is 170 Å². The van der Waals surface area contributed by atoms with Crippen LogP contribution in [0, 0.1) is 0 Å². The molecule has 152 valence electrons. The molecule has 3 heterocycles. The van der Waals surface area contributed by atoms with Gasteiger partial charge in [-0.1, -0.05) is 30.3 Å². The van der Waals surface area contributed by atoms with E-state index in [1.54, 1.807) is 36.4 Å². The topological polar surface area (TPSA) is 111 Å². The Bertz CT molecular complexity index is 1140. The fourth-order valence-corrected chi connectivity index (χ4v) is 3.81. The molecular weight excluding hydrogens is 390 g/mol. The summed E-state index contributed by atoms with van der Waals surface area (Å²) in [5.74, 6) is -0.463. The lowest BCUT2D eigenvalue weighted by Crippen LogP contribution is -2.47. The molecule has 0 saturated carbocycles. The minimum atomic E-state index is -1.23. The van der Waals surface area contributed by atoms with Crippen LogP contribution in [0.5, 0.6) is 5.75 Å². The Balaban J connectivity index is 1.29. The minimum Gasteiger partial charge on any atom is -0.493 e. The number of rotatable bonds is 4. The fourth-order valence-electron chi connectivity index (χ4n) is 3.81. The van der Waals surface area contributed by atoms with E-state index in [0.717, 1.165) is 4.90 Å². The number of carbonyl (C=O) groups is 3. The molecule has 5 rings (SSSR count). The summed E-state index contributed by atoms with van der Waals surface area (Å²) in [5, 5.41) is 2.74. The lowest BCUT2D eigenvalue weighted by Gasteiger charge is -2.33. The highest BCUT2D eigenvalue weighted by atomic mass is 16.5. The smallest absolute Gasteiger partial charge is 0.326 e. The van der Waals surface area contributed by atoms with Crippen LogP contribution in [0.3, 0.4) is 0 Å². The molecule has 1 N–H and O–H groups in total. The Kier molecular flexibility index (Phi) is 4.16. The van der Waals surface area contributed by atoms with E-state index < -0.39 is 30.0 Å². The van der Waals surface area contributed by atoms with Crippen molar-refractivity contribution < 1.29 is 28.3 Å². The van der Waals surface area contributed by atoms with Gasteiger partial charge < -0.3 is 19.2 Å². The molecule has 2 aromatic carbocycles. The number of hydrogen-bond acceptors (Lipinski definition) is 7. The molecule has 1 atom stereocenters. The van der Waals surface area contributed by atoms with E-state index in [1.165, 1.54) is 0 Å². The monoisotopic (exact) mass is 407 g/mol. The second-order valence-corrected chi connectivity index (χ2v) is 7.06. The number of hydrogen-bond donors (Lipinski definition) is 1. The van der Waals surface area contributed by atoms with Gasteiger partial charge in [0.2, 0.25) is 5.89 Å². The van der Waals surface area contributed by atoms with Gasteiger partial charge in [-0.3, -0.25) is 14.5 Å². The van der Waals surface area contributed by atoms with Gasteiger partial charge in [-0.15, -0.1) is 0 Å². The van der Waals surface area contributed by atoms with Crippen LogP contribution in [0.1, 0.15) is 17.9 Å². The highest BCUT2D eigenvalue weighted by molar-refractivity contribution is 6.09. The highest BCUT2D eigenvalue weighted by Gasteiger charge is 2.55. The first kappa shape index (κ1) is 18.2. The van der Waals surface area contributed by atoms with E-state index in [2.05, 4.69) is 10.3 Å². The van der Waals surface area contributed by atoms with Crippen molar-refractivity contribution in [2.24, 2.45) is 0 Å². The first-order chi connectivity index (χ1) is 14.6. The summed E-state index contributed by atoms with van der Waals surface area (Å²) >= 11 is 0. The number of aromatic nitrogens is 1. The number of carbonyl (C=O) groups excluding carboxylic acids is 3. The van der Waals surface area contributed by atoms with Gasteiger partial charge in [0.05, 0.1) is 6.61 Å². The molecule has 9 nitrogen and oxygen atoms in total. The molecule has 0 unspecified atom stereocenters. The molecule has 9 heteroatoms. The van der Waals surface area contributed by atoms with Crippen molar-refractivity contribution in [2.75, 3.05) is 13.2 Å². The Morgan fingerprint density at radius 2 is 1.97 bits per heavy atom. The molecule has 1 fully saturated rings. The van der Waals surface area contributed by atoms with Gasteiger partial charge in [-0.05, 0) is 18.2 Å². The van der Waals surface area contributed by atoms with Crippen LogP contribution in [-0.4, -0.2) is 40.9 Å². The molecule has 0 radical (unpaired) electrons. The van der Waals surface area contributed by atoms with Crippen LogP contribution in [0.2, 0.25) is 0 Å². The third-order valence-corrected chi connectivity index (χ3v) is 5.24. The second-order valence-electron chi connectivity index (χ2n) is 7.06. The lowest BCUT2D eigenvalue weighted by atomic mass is 9.84. The molecule has 0 bridgehead atoms. The van der Waals surface area contributed by atoms with Crippen LogP contribution in [0.25, 0.3) is 11.1 Å². The summed E-state index contributed by atoms with van der Waals surface area (Å²) in [6, 6.07) is 13.6. The van der Waals surface area contributed by atoms with E-state index in [1.807, 2.05) is 12.1 Å². The van der Waals surface area contributed by atoms with Crippen molar-refractivity contribution >= 4 is 29.0 Å². The molecule has 1 spiro atoms. The van der Waals surface area contributed by atoms with Gasteiger partial charge in [0.1, 0.15) is 17.8 Å². The summed E-state index contributed by atoms with van der Waals surface area (Å²) in [7, 11) is 0. The van der Waals surface area contributed by atoms with Gasteiger partial charge in [0, 0.05) is 12.0 Å². The quantitative estimate of drug-likeness (QED) is 0.521. The number of urea groups is 1. The van der Waals surface area contributed by atoms with Gasteiger partial charge in [0.15, 0.2) is 17.7 Å². The van der Waals surface area contributed by atoms with E-state index in [0.29, 0.717) is 22.4 Å². The van der Waals surface area contributed by atoms with Crippen molar-refractivity contribution in [2.45, 2.75) is 18.6 Å². The summed E-state index contributed by atoms with van der Waals surface area (Å²) < 4.78 is 16.3. The SMILES string of the molecule is O=C(CN1C(=O)N[C@@]2(CCOc3ccccc32)C1=O)OCc1nc2ccccc2o1. The third-order valence-electron chi connectivity index (χ3n) is 5.24. The molecular formula is C21H17N3O6. The van der Waals surface area contributed by atoms with Gasteiger partial charge in [-0.2, -0.15) is 0 Å². The number of benzene rings is 2. The Hall–Kier alpha value is -3.88. The zero-order valence-electron chi connectivity index (χ0n) is 15.8. The number of esters is 1. The van der Waals surface area contributed by atoms with Crippen molar-refractivity contribution in [3.05, 3.63) is 60.0 Å². The Morgan fingerprint density at radius 1 is 1.17 bits per heavy atom. The number of ether oxygens (including phenoxy) is 2. The summed E-state index contributed by atoms with van der Waals surface area (Å²) in [6.45, 7) is -0.423. The van der Waals surface area contributed by atoms with E-state index in [-0.39, 0.29) is 25.5 Å². The number of fused-ring (bicyclic) bond motifs is 3. The predicted molar refractivity (Wildman–Crippen MR) is 102 cm³/mol. The van der Waals surface area contributed by atoms with Crippen molar-refractivity contribution in [1.29, 1.82) is 0 Å². The molecule has 3 amide bonds. The average molecular weight is 407 g/mol. The molecule has 3 aromatic rings. The second kappa shape index (κ2) is 6.87. The number of amides is 3. The maximum atomic E-state index is 13.1. The minimum absolute atomic E-state index is 0.195. The number of para-hydroxylation sites is 3. The number of nitrogens with zero attached hydrogens (tertiary/aromatic N) is 2. The number of oxazole rings is 1. The molecule has 0 aliphatic carbocycles. The first-order valence-corrected chi connectivity index (χ1v) is 9.43. The standard InChI is InChI=1S/C21H17N3O6/c25-18(29-12-17-22-14-6-2-4-8-16(14)30-17)11-24-19(26)21(23-20(24)27)9-10-28-15-7-3-1-5-13(15)21/h1-8H,9-12H2,(H,23,27)/t21-/m1/s1. The summed E-state index contributed by atoms with van der Waals surface area (Å²) in [5.41, 5.74) is 0.583. The zero-order valence-corrected chi connectivity index (χ0v) is 15.8. The maximum Gasteiger partial charge on any atom is 0.326 e. The van der Waals surface area contributed by atoms with Crippen molar-refractivity contribution in [3.63, 3.8) is 0 Å². The van der Waals surface area contributed by atoms with E-state index in [4.69, 9.17) is 13.9 Å². The molecule has 2 aliphatic heterocycles. The lowest BCUT2D eigenvalue weighted by molar-refractivity contribution is -0.149. The van der Waals surface area contributed by atoms with E-state index >= 15 is 0 Å². The highest BCUT2D eigenvalue weighted by Crippen LogP contribution is 2.40. The molecule has 1 aromatic heterocycles. The average Bonchev–Trinajstić information content (AvgIpc) is 3.27. The maximum absolute atomic E-state index is 13.1. The van der Waals surface area contributed by atoms with Crippen molar-refractivity contribution in [3.8, 4) is 5.75 Å². The van der Waals surface area contributed by atoms with Gasteiger partial charge in [-0.25, -0.2) is 9.78 Å². The van der Waals surface area contributed by atoms with Crippen LogP contribution < -0.4 is 10.1 Å². The third kappa shape index (κ3) is 2.86. The van der Waals surface area contributed by atoms with Gasteiger partial charge >= 0.3 is 12.0 Å². The predicted octanol–water partition coefficient (Wildman–Crippen LogP) is 2.10. The van der Waals surface area contributed by atoms with Crippen LogP contribution in [0.4, 0.5) is 4.79 Å². The normalized spacial score (nSPS) is 20.2. The van der Waals surface area contributed by atoms with Crippen LogP contribution >= 0.6 is 0 Å². The van der Waals surface area contributed by atoms with E-state index in [9.17, 15) is 14.4 Å². The molecule has 30 heavy (non-hydrogen) atoms. The molecule has 1 saturated heterocycles. The summed E-state index contributed by atoms with van der Waals surface area (Å²) in [4.78, 5) is 43.0. The molecule has 2 aliphatic rings. The first-order valence-electron chi connectivity index (χ1n) is 9.43. The number of imide groups is 1. The van der Waals surface area contributed by atoms with Gasteiger partial charge in [0.25, 0.3) is 5.91 Å². The zero-order chi connectivity index (χ0) is 20.7. The Morgan fingerprint density at radius 3 is 2.83 bits per heavy atom. The van der Waals surface area contributed by atoms with Crippen LogP contribution in [-0.2, 0) is 26.5 Å². The van der Waals surface area contributed by atoms with Crippen molar-refractivity contribution in [1.82, 2.24) is 15.2 Å². The summed E-state index contributed by atoms with van der Waals surface area (Å²) in [6.07, 6.45) is 0.281. The number of nitrogens with one attached hydrogen (secondary N) is 1.